The first-order valence-electron chi connectivity index (χ1n) is 7.99. The van der Waals surface area contributed by atoms with Crippen molar-refractivity contribution in [3.05, 3.63) is 58.9 Å². The van der Waals surface area contributed by atoms with Gasteiger partial charge in [-0.15, -0.1) is 0 Å². The van der Waals surface area contributed by atoms with Crippen molar-refractivity contribution in [1.29, 1.82) is 0 Å². The molecule has 1 aromatic carbocycles. The number of carbonyl (C=O) groups is 1. The normalized spacial score (nSPS) is 10.5. The Morgan fingerprint density at radius 3 is 3.00 bits per heavy atom. The van der Waals surface area contributed by atoms with Crippen LogP contribution in [0.2, 0.25) is 0 Å². The molecule has 2 N–H and O–H groups in total. The number of pyridine rings is 1. The number of amides is 1. The summed E-state index contributed by atoms with van der Waals surface area (Å²) in [7, 11) is 0. The number of anilines is 2. The first-order chi connectivity index (χ1) is 13.6. The number of hydrogen-bond donors (Lipinski definition) is 2. The molecule has 1 amide bonds. The number of ether oxygens (including phenoxy) is 2. The van der Waals surface area contributed by atoms with Crippen LogP contribution >= 0.6 is 22.6 Å². The fourth-order valence-electron chi connectivity index (χ4n) is 2.22. The van der Waals surface area contributed by atoms with E-state index in [-0.39, 0.29) is 30.5 Å². The molecule has 0 spiro atoms. The van der Waals surface area contributed by atoms with E-state index in [1.54, 1.807) is 18.2 Å². The summed E-state index contributed by atoms with van der Waals surface area (Å²) in [5.41, 5.74) is 2.95. The Morgan fingerprint density at radius 2 is 2.21 bits per heavy atom. The molecule has 0 fully saturated rings. The maximum absolute atomic E-state index is 14.2. The number of carbonyl (C=O) groups excluding carboxylic acids is 1. The number of benzene rings is 1. The molecule has 8 nitrogen and oxygen atoms in total. The minimum Gasteiger partial charge on any atom is -0.499 e. The van der Waals surface area contributed by atoms with Gasteiger partial charge in [-0.25, -0.2) is 9.18 Å². The fraction of sp³-hybridized carbons (Fsp3) is 0.111. The molecule has 10 heteroatoms. The molecule has 0 unspecified atom stereocenters. The summed E-state index contributed by atoms with van der Waals surface area (Å²) in [5.74, 6) is -0.629. The molecular formula is C18H15FIN3O5. The number of aromatic nitrogens is 1. The van der Waals surface area contributed by atoms with Gasteiger partial charge in [0, 0.05) is 16.0 Å². The first kappa shape index (κ1) is 19.9. The molecule has 0 saturated carbocycles. The molecule has 0 saturated heterocycles. The number of hydroxylamine groups is 1. The summed E-state index contributed by atoms with van der Waals surface area (Å²) in [5, 5.41) is 3.41. The van der Waals surface area contributed by atoms with Crippen LogP contribution in [0.15, 0.2) is 53.9 Å². The van der Waals surface area contributed by atoms with E-state index in [9.17, 15) is 9.18 Å². The van der Waals surface area contributed by atoms with Crippen LogP contribution in [0.4, 0.5) is 20.6 Å². The zero-order valence-electron chi connectivity index (χ0n) is 14.4. The maximum Gasteiger partial charge on any atom is 0.439 e. The molecule has 2 heterocycles. The third-order valence-electron chi connectivity index (χ3n) is 3.41. The highest BCUT2D eigenvalue weighted by molar-refractivity contribution is 14.1. The van der Waals surface area contributed by atoms with Gasteiger partial charge in [-0.3, -0.25) is 9.82 Å². The van der Waals surface area contributed by atoms with Crippen molar-refractivity contribution in [3.8, 4) is 5.95 Å². The van der Waals surface area contributed by atoms with Crippen molar-refractivity contribution in [2.24, 2.45) is 0 Å². The third kappa shape index (κ3) is 4.89. The summed E-state index contributed by atoms with van der Waals surface area (Å²) < 4.78 is 30.5. The molecule has 0 aliphatic rings. The van der Waals surface area contributed by atoms with E-state index in [0.717, 1.165) is 3.57 Å². The lowest BCUT2D eigenvalue weighted by Crippen LogP contribution is -2.28. The second kappa shape index (κ2) is 9.37. The standard InChI is InChI=1S/C18H15FIN3O5/c1-2-25-7-8-26-23-18(24)28-17-16(12-10-21-6-5-15(12)27-17)22-14-4-3-11(20)9-13(14)19/h2-6,9-10,22H,1,7-8H2,(H,23,24). The van der Waals surface area contributed by atoms with Crippen molar-refractivity contribution >= 4 is 51.0 Å². The molecule has 0 radical (unpaired) electrons. The topological polar surface area (TPSA) is 94.9 Å². The number of nitrogens with one attached hydrogen (secondary N) is 2. The van der Waals surface area contributed by atoms with E-state index in [2.05, 4.69) is 22.4 Å². The van der Waals surface area contributed by atoms with Gasteiger partial charge in [-0.05, 0) is 46.9 Å². The van der Waals surface area contributed by atoms with Crippen LogP contribution in [0.1, 0.15) is 0 Å². The molecule has 0 aliphatic carbocycles. The molecule has 3 rings (SSSR count). The van der Waals surface area contributed by atoms with Crippen LogP contribution in [-0.2, 0) is 9.57 Å². The summed E-state index contributed by atoms with van der Waals surface area (Å²) in [4.78, 5) is 20.9. The van der Waals surface area contributed by atoms with Gasteiger partial charge in [0.1, 0.15) is 30.3 Å². The van der Waals surface area contributed by atoms with Crippen molar-refractivity contribution in [2.45, 2.75) is 0 Å². The van der Waals surface area contributed by atoms with E-state index < -0.39 is 11.9 Å². The largest absolute Gasteiger partial charge is 0.499 e. The Morgan fingerprint density at radius 1 is 1.36 bits per heavy atom. The van der Waals surface area contributed by atoms with Gasteiger partial charge in [0.05, 0.1) is 17.3 Å². The molecule has 3 aromatic rings. The van der Waals surface area contributed by atoms with Gasteiger partial charge >= 0.3 is 12.0 Å². The smallest absolute Gasteiger partial charge is 0.439 e. The summed E-state index contributed by atoms with van der Waals surface area (Å²) in [6.07, 6.45) is 3.37. The summed E-state index contributed by atoms with van der Waals surface area (Å²) in [6.45, 7) is 3.68. The molecule has 0 atom stereocenters. The second-order valence-electron chi connectivity index (χ2n) is 5.26. The maximum atomic E-state index is 14.2. The molecular weight excluding hydrogens is 484 g/mol. The molecule has 2 aromatic heterocycles. The highest BCUT2D eigenvalue weighted by Crippen LogP contribution is 2.39. The average molecular weight is 499 g/mol. The number of furan rings is 1. The van der Waals surface area contributed by atoms with Gasteiger partial charge in [0.15, 0.2) is 0 Å². The summed E-state index contributed by atoms with van der Waals surface area (Å²) in [6, 6.07) is 6.27. The van der Waals surface area contributed by atoms with Gasteiger partial charge in [-0.1, -0.05) is 6.58 Å². The first-order valence-corrected chi connectivity index (χ1v) is 9.07. The Hall–Kier alpha value is -2.86. The molecule has 0 bridgehead atoms. The lowest BCUT2D eigenvalue weighted by molar-refractivity contribution is 0.0197. The quantitative estimate of drug-likeness (QED) is 0.204. The lowest BCUT2D eigenvalue weighted by Gasteiger charge is -2.09. The Bertz CT molecular complexity index is 995. The fourth-order valence-corrected chi connectivity index (χ4v) is 2.68. The minimum absolute atomic E-state index is 0.0874. The second-order valence-corrected chi connectivity index (χ2v) is 6.51. The van der Waals surface area contributed by atoms with Crippen LogP contribution in [0.3, 0.4) is 0 Å². The van der Waals surface area contributed by atoms with Crippen LogP contribution in [0.25, 0.3) is 11.0 Å². The van der Waals surface area contributed by atoms with Crippen molar-refractivity contribution in [2.75, 3.05) is 18.5 Å². The van der Waals surface area contributed by atoms with Gasteiger partial charge in [-0.2, -0.15) is 5.48 Å². The number of hydrogen-bond acceptors (Lipinski definition) is 7. The third-order valence-corrected chi connectivity index (χ3v) is 4.08. The predicted molar refractivity (Wildman–Crippen MR) is 108 cm³/mol. The Balaban J connectivity index is 1.79. The van der Waals surface area contributed by atoms with Crippen LogP contribution in [-0.4, -0.2) is 24.3 Å². The highest BCUT2D eigenvalue weighted by atomic mass is 127. The number of nitrogens with zero attached hydrogens (tertiary/aromatic N) is 1. The van der Waals surface area contributed by atoms with Crippen LogP contribution in [0.5, 0.6) is 5.95 Å². The van der Waals surface area contributed by atoms with E-state index in [1.165, 1.54) is 24.7 Å². The van der Waals surface area contributed by atoms with Gasteiger partial charge < -0.3 is 19.2 Å². The molecule has 28 heavy (non-hydrogen) atoms. The number of halogens is 2. The van der Waals surface area contributed by atoms with E-state index >= 15 is 0 Å². The van der Waals surface area contributed by atoms with Crippen molar-refractivity contribution in [1.82, 2.24) is 10.5 Å². The molecule has 146 valence electrons. The highest BCUT2D eigenvalue weighted by Gasteiger charge is 2.20. The molecule has 0 aliphatic heterocycles. The minimum atomic E-state index is -0.920. The SMILES string of the molecule is C=COCCONC(=O)Oc1oc2ccncc2c1Nc1ccc(I)cc1F. The van der Waals surface area contributed by atoms with Gasteiger partial charge in [0.2, 0.25) is 0 Å². The lowest BCUT2D eigenvalue weighted by atomic mass is 10.2. The van der Waals surface area contributed by atoms with Gasteiger partial charge in [0.25, 0.3) is 0 Å². The van der Waals surface area contributed by atoms with E-state index in [1.807, 2.05) is 22.6 Å². The predicted octanol–water partition coefficient (Wildman–Crippen LogP) is 4.50. The zero-order chi connectivity index (χ0) is 19.9. The van der Waals surface area contributed by atoms with Crippen molar-refractivity contribution < 1.29 is 27.9 Å². The Labute approximate surface area is 172 Å². The number of fused-ring (bicyclic) bond motifs is 1. The monoisotopic (exact) mass is 499 g/mol. The average Bonchev–Trinajstić information content (AvgIpc) is 3.01. The van der Waals surface area contributed by atoms with Crippen LogP contribution in [0, 0.1) is 9.39 Å². The van der Waals surface area contributed by atoms with Crippen LogP contribution < -0.4 is 15.5 Å². The van der Waals surface area contributed by atoms with E-state index in [4.69, 9.17) is 18.7 Å². The van der Waals surface area contributed by atoms with E-state index in [0.29, 0.717) is 11.0 Å². The zero-order valence-corrected chi connectivity index (χ0v) is 16.6. The number of rotatable bonds is 8. The summed E-state index contributed by atoms with van der Waals surface area (Å²) >= 11 is 2.01. The van der Waals surface area contributed by atoms with Crippen molar-refractivity contribution in [3.63, 3.8) is 0 Å². The Kier molecular flexibility index (Phi) is 6.66.